The lowest BCUT2D eigenvalue weighted by Crippen LogP contribution is -2.00. The lowest BCUT2D eigenvalue weighted by atomic mass is 9.84. The summed E-state index contributed by atoms with van der Waals surface area (Å²) in [5.41, 5.74) is 4.21. The fourth-order valence-corrected chi connectivity index (χ4v) is 7.45. The van der Waals surface area contributed by atoms with Crippen molar-refractivity contribution in [3.8, 4) is 16.9 Å². The van der Waals surface area contributed by atoms with Gasteiger partial charge in [0, 0.05) is 34.2 Å². The van der Waals surface area contributed by atoms with Gasteiger partial charge in [-0.25, -0.2) is 0 Å². The molecule has 9 rings (SSSR count). The molecule has 0 aliphatic rings. The third-order valence-corrected chi connectivity index (χ3v) is 9.14. The number of methoxy groups -OCH3 is 1. The van der Waals surface area contributed by atoms with Crippen molar-refractivity contribution in [1.82, 2.24) is 4.57 Å². The first kappa shape index (κ1) is 24.2. The Bertz CT molecular complexity index is 2590. The molecular weight excluding hydrogens is 526 g/mol. The number of phenolic OH excluding ortho intramolecular Hbond substituents is 1. The summed E-state index contributed by atoms with van der Waals surface area (Å²) in [5.74, 6) is 0.283. The number of para-hydroxylation sites is 1. The van der Waals surface area contributed by atoms with Gasteiger partial charge in [-0.1, -0.05) is 109 Å². The second kappa shape index (κ2) is 9.06. The first-order valence-electron chi connectivity index (χ1n) is 14.6. The van der Waals surface area contributed by atoms with Gasteiger partial charge in [-0.2, -0.15) is 0 Å². The zero-order valence-corrected chi connectivity index (χ0v) is 23.6. The standard InChI is InChI=1S/C40H27NO2/c1-43-23-41-33-17-9-8-16-31(33)38-39-35-26(19-18-24-10-2-4-12-27(24)35)22-32(37(39)29-14-6-7-15-30(29)40(38)41)36-28-13-5-3-11-25(28)20-21-34(36)42/h2-22,42H,23H2,1H3. The molecule has 3 heteroatoms. The number of ether oxygens (including phenoxy) is 1. The average Bonchev–Trinajstić information content (AvgIpc) is 3.38. The Morgan fingerprint density at radius 1 is 0.535 bits per heavy atom. The minimum atomic E-state index is 0.283. The van der Waals surface area contributed by atoms with E-state index in [4.69, 9.17) is 4.74 Å². The highest BCUT2D eigenvalue weighted by Crippen LogP contribution is 2.50. The summed E-state index contributed by atoms with van der Waals surface area (Å²) in [6.07, 6.45) is 0. The topological polar surface area (TPSA) is 34.4 Å². The van der Waals surface area contributed by atoms with Gasteiger partial charge in [-0.3, -0.25) is 0 Å². The zero-order valence-electron chi connectivity index (χ0n) is 23.6. The maximum absolute atomic E-state index is 11.6. The number of aromatic hydroxyl groups is 1. The number of hydrogen-bond acceptors (Lipinski definition) is 2. The molecule has 0 atom stereocenters. The number of nitrogens with zero attached hydrogens (tertiary/aromatic N) is 1. The molecule has 43 heavy (non-hydrogen) atoms. The fraction of sp³-hybridized carbons (Fsp3) is 0.0500. The predicted molar refractivity (Wildman–Crippen MR) is 181 cm³/mol. The highest BCUT2D eigenvalue weighted by Gasteiger charge is 2.24. The first-order valence-corrected chi connectivity index (χ1v) is 14.6. The highest BCUT2D eigenvalue weighted by molar-refractivity contribution is 6.41. The normalized spacial score (nSPS) is 12.1. The van der Waals surface area contributed by atoms with Gasteiger partial charge < -0.3 is 14.4 Å². The zero-order chi connectivity index (χ0) is 28.7. The van der Waals surface area contributed by atoms with Gasteiger partial charge in [-0.15, -0.1) is 0 Å². The molecule has 8 aromatic carbocycles. The molecule has 1 N–H and O–H groups in total. The Balaban J connectivity index is 1.68. The molecular formula is C40H27NO2. The van der Waals surface area contributed by atoms with Crippen molar-refractivity contribution in [3.63, 3.8) is 0 Å². The van der Waals surface area contributed by atoms with Crippen molar-refractivity contribution in [2.45, 2.75) is 6.73 Å². The largest absolute Gasteiger partial charge is 0.507 e. The van der Waals surface area contributed by atoms with E-state index in [9.17, 15) is 5.11 Å². The number of aromatic nitrogens is 1. The van der Waals surface area contributed by atoms with Crippen LogP contribution in [0.2, 0.25) is 0 Å². The summed E-state index contributed by atoms with van der Waals surface area (Å²) >= 11 is 0. The van der Waals surface area contributed by atoms with Gasteiger partial charge >= 0.3 is 0 Å². The van der Waals surface area contributed by atoms with E-state index < -0.39 is 0 Å². The summed E-state index contributed by atoms with van der Waals surface area (Å²) in [6, 6.07) is 44.9. The number of hydrogen-bond donors (Lipinski definition) is 1. The SMILES string of the molecule is COCn1c2ccccc2c2c3c(c(-c4c(O)ccc5ccccc45)cc4ccc5ccccc5c43)c3ccccc3c21. The molecule has 0 aliphatic carbocycles. The minimum absolute atomic E-state index is 0.283. The fourth-order valence-electron chi connectivity index (χ4n) is 7.45. The summed E-state index contributed by atoms with van der Waals surface area (Å²) < 4.78 is 8.12. The Kier molecular flexibility index (Phi) is 5.11. The predicted octanol–water partition coefficient (Wildman–Crippen LogP) is 10.5. The van der Waals surface area contributed by atoms with Gasteiger partial charge in [0.25, 0.3) is 0 Å². The maximum atomic E-state index is 11.6. The van der Waals surface area contributed by atoms with Crippen LogP contribution in [-0.2, 0) is 11.5 Å². The van der Waals surface area contributed by atoms with Crippen molar-refractivity contribution in [1.29, 1.82) is 0 Å². The molecule has 9 aromatic rings. The van der Waals surface area contributed by atoms with Crippen molar-refractivity contribution < 1.29 is 9.84 Å². The van der Waals surface area contributed by atoms with Crippen LogP contribution >= 0.6 is 0 Å². The van der Waals surface area contributed by atoms with E-state index in [-0.39, 0.29) is 5.75 Å². The van der Waals surface area contributed by atoms with Gasteiger partial charge in [-0.05, 0) is 66.9 Å². The van der Waals surface area contributed by atoms with Crippen LogP contribution in [0.3, 0.4) is 0 Å². The third-order valence-electron chi connectivity index (χ3n) is 9.14. The molecule has 0 spiro atoms. The molecule has 1 aromatic heterocycles. The highest BCUT2D eigenvalue weighted by atomic mass is 16.5. The molecule has 204 valence electrons. The van der Waals surface area contributed by atoms with Crippen LogP contribution < -0.4 is 0 Å². The third kappa shape index (κ3) is 3.28. The number of benzene rings is 8. The van der Waals surface area contributed by atoms with Crippen LogP contribution in [0.15, 0.2) is 127 Å². The van der Waals surface area contributed by atoms with Gasteiger partial charge in [0.15, 0.2) is 0 Å². The molecule has 0 radical (unpaired) electrons. The second-order valence-corrected chi connectivity index (χ2v) is 11.4. The summed E-state index contributed by atoms with van der Waals surface area (Å²) in [5, 5.41) is 25.6. The summed E-state index contributed by atoms with van der Waals surface area (Å²) in [4.78, 5) is 0. The van der Waals surface area contributed by atoms with E-state index in [2.05, 4.69) is 120 Å². The Hall–Kier alpha value is -5.38. The molecule has 0 unspecified atom stereocenters. The van der Waals surface area contributed by atoms with Crippen molar-refractivity contribution in [3.05, 3.63) is 127 Å². The molecule has 0 amide bonds. The van der Waals surface area contributed by atoms with Crippen molar-refractivity contribution in [2.75, 3.05) is 7.11 Å². The second-order valence-electron chi connectivity index (χ2n) is 11.4. The Labute approximate surface area is 247 Å². The van der Waals surface area contributed by atoms with Crippen LogP contribution in [0.5, 0.6) is 5.75 Å². The molecule has 3 nitrogen and oxygen atoms in total. The molecule has 0 saturated carbocycles. The summed E-state index contributed by atoms with van der Waals surface area (Å²) in [6.45, 7) is 0.446. The lowest BCUT2D eigenvalue weighted by Gasteiger charge is -2.19. The van der Waals surface area contributed by atoms with Crippen molar-refractivity contribution >= 4 is 75.7 Å². The van der Waals surface area contributed by atoms with E-state index in [1.807, 2.05) is 12.1 Å². The van der Waals surface area contributed by atoms with E-state index in [0.29, 0.717) is 6.73 Å². The molecule has 0 fully saturated rings. The van der Waals surface area contributed by atoms with Crippen molar-refractivity contribution in [2.24, 2.45) is 0 Å². The van der Waals surface area contributed by atoms with Gasteiger partial charge in [0.05, 0.1) is 11.0 Å². The molecule has 0 saturated heterocycles. The van der Waals surface area contributed by atoms with E-state index >= 15 is 0 Å². The quantitative estimate of drug-likeness (QED) is 0.221. The average molecular weight is 554 g/mol. The Morgan fingerprint density at radius 3 is 1.93 bits per heavy atom. The number of phenols is 1. The van der Waals surface area contributed by atoms with Gasteiger partial charge in [0.2, 0.25) is 0 Å². The van der Waals surface area contributed by atoms with Crippen LogP contribution in [0.1, 0.15) is 0 Å². The molecule has 0 bridgehead atoms. The van der Waals surface area contributed by atoms with Crippen LogP contribution in [0.25, 0.3) is 86.8 Å². The maximum Gasteiger partial charge on any atom is 0.124 e. The van der Waals surface area contributed by atoms with E-state index in [1.54, 1.807) is 7.11 Å². The lowest BCUT2D eigenvalue weighted by molar-refractivity contribution is 0.138. The first-order chi connectivity index (χ1) is 21.2. The minimum Gasteiger partial charge on any atom is -0.507 e. The van der Waals surface area contributed by atoms with Crippen LogP contribution in [0, 0.1) is 0 Å². The van der Waals surface area contributed by atoms with E-state index in [1.165, 1.54) is 43.2 Å². The molecule has 1 heterocycles. The van der Waals surface area contributed by atoms with Gasteiger partial charge in [0.1, 0.15) is 12.5 Å². The molecule has 0 aliphatic heterocycles. The summed E-state index contributed by atoms with van der Waals surface area (Å²) in [7, 11) is 1.76. The smallest absolute Gasteiger partial charge is 0.124 e. The monoisotopic (exact) mass is 553 g/mol. The Morgan fingerprint density at radius 2 is 1.14 bits per heavy atom. The van der Waals surface area contributed by atoms with Crippen LogP contribution in [-0.4, -0.2) is 16.8 Å². The van der Waals surface area contributed by atoms with E-state index in [0.717, 1.165) is 43.6 Å². The number of rotatable bonds is 3. The number of fused-ring (bicyclic) bond motifs is 13. The van der Waals surface area contributed by atoms with Crippen LogP contribution in [0.4, 0.5) is 0 Å².